The molecule has 2 aliphatic heterocycles. The Morgan fingerprint density at radius 2 is 1.74 bits per heavy atom. The van der Waals surface area contributed by atoms with E-state index in [-0.39, 0.29) is 38.1 Å². The van der Waals surface area contributed by atoms with Crippen LogP contribution in [0.2, 0.25) is 5.02 Å². The summed E-state index contributed by atoms with van der Waals surface area (Å²) >= 11 is 6.10. The summed E-state index contributed by atoms with van der Waals surface area (Å²) < 4.78 is 5.43. The SMILES string of the molecule is O=C(O)CC(NC(=O)C1CCCN2C(=O)CCN(NC(=O)c3ccccc3)C(=O)N12)C(=O)COCc1ccccc1Cl. The normalized spacial score (nSPS) is 17.6. The molecule has 14 heteroatoms. The molecule has 42 heavy (non-hydrogen) atoms. The molecule has 3 N–H and O–H groups in total. The number of ketones is 1. The molecule has 0 spiro atoms. The molecule has 0 saturated carbocycles. The lowest BCUT2D eigenvalue weighted by Gasteiger charge is -2.43. The van der Waals surface area contributed by atoms with Crippen molar-refractivity contribution in [2.45, 2.75) is 44.4 Å². The minimum absolute atomic E-state index is 0.00827. The van der Waals surface area contributed by atoms with E-state index >= 15 is 0 Å². The van der Waals surface area contributed by atoms with E-state index in [9.17, 15) is 33.9 Å². The van der Waals surface area contributed by atoms with Crippen LogP contribution in [0.15, 0.2) is 54.6 Å². The number of carbonyl (C=O) groups is 6. The minimum atomic E-state index is -1.46. The van der Waals surface area contributed by atoms with Crippen molar-refractivity contribution in [3.63, 3.8) is 0 Å². The minimum Gasteiger partial charge on any atom is -0.481 e. The molecule has 2 unspecified atom stereocenters. The van der Waals surface area contributed by atoms with Crippen LogP contribution in [0.3, 0.4) is 0 Å². The van der Waals surface area contributed by atoms with E-state index < -0.39 is 60.6 Å². The highest BCUT2D eigenvalue weighted by molar-refractivity contribution is 6.31. The van der Waals surface area contributed by atoms with Gasteiger partial charge in [-0.05, 0) is 36.6 Å². The lowest BCUT2D eigenvalue weighted by Crippen LogP contribution is -2.65. The van der Waals surface area contributed by atoms with Crippen molar-refractivity contribution in [3.8, 4) is 0 Å². The largest absolute Gasteiger partial charge is 0.481 e. The van der Waals surface area contributed by atoms with Crippen LogP contribution in [0.25, 0.3) is 0 Å². The average Bonchev–Trinajstić information content (AvgIpc) is 3.10. The van der Waals surface area contributed by atoms with Crippen LogP contribution in [0.5, 0.6) is 0 Å². The second kappa shape index (κ2) is 13.9. The monoisotopic (exact) mass is 599 g/mol. The van der Waals surface area contributed by atoms with Crippen molar-refractivity contribution in [1.29, 1.82) is 0 Å². The summed E-state index contributed by atoms with van der Waals surface area (Å²) in [4.78, 5) is 77.1. The first-order chi connectivity index (χ1) is 20.2. The first kappa shape index (κ1) is 30.5. The molecule has 0 radical (unpaired) electrons. The van der Waals surface area contributed by atoms with E-state index in [1.54, 1.807) is 54.6 Å². The number of hydrogen-bond donors (Lipinski definition) is 3. The number of rotatable bonds is 11. The van der Waals surface area contributed by atoms with Crippen LogP contribution in [-0.4, -0.2) is 87.4 Å². The Morgan fingerprint density at radius 3 is 2.45 bits per heavy atom. The molecule has 222 valence electrons. The molecule has 4 rings (SSSR count). The number of hydrogen-bond acceptors (Lipinski definition) is 7. The maximum absolute atomic E-state index is 13.6. The van der Waals surface area contributed by atoms with E-state index in [2.05, 4.69) is 10.7 Å². The number of hydrazine groups is 2. The molecule has 0 aliphatic carbocycles. The van der Waals surface area contributed by atoms with E-state index in [1.807, 2.05) is 0 Å². The van der Waals surface area contributed by atoms with Gasteiger partial charge in [-0.15, -0.1) is 0 Å². The Hall–Kier alpha value is -4.49. The zero-order chi connectivity index (χ0) is 30.2. The van der Waals surface area contributed by atoms with E-state index in [1.165, 1.54) is 0 Å². The van der Waals surface area contributed by atoms with Crippen LogP contribution in [0, 0.1) is 0 Å². The number of aliphatic carboxylic acids is 1. The third-order valence-corrected chi connectivity index (χ3v) is 7.15. The first-order valence-corrected chi connectivity index (χ1v) is 13.7. The van der Waals surface area contributed by atoms with Gasteiger partial charge in [0.1, 0.15) is 18.7 Å². The standard InChI is InChI=1S/C28H30ClN5O8/c29-20-10-5-4-9-19(20)16-42-17-23(35)21(15-25(37)38)30-27(40)22-11-6-13-33-24(36)12-14-32(28(41)34(22)33)31-26(39)18-7-2-1-3-8-18/h1-5,7-10,21-22H,6,11-17H2,(H,30,40)(H,31,39)(H,37,38). The third-order valence-electron chi connectivity index (χ3n) is 6.79. The highest BCUT2D eigenvalue weighted by atomic mass is 35.5. The van der Waals surface area contributed by atoms with Gasteiger partial charge in [0.05, 0.1) is 19.6 Å². The van der Waals surface area contributed by atoms with Crippen LogP contribution in [-0.2, 0) is 30.5 Å². The molecular formula is C28H30ClN5O8. The number of benzene rings is 2. The number of amides is 5. The first-order valence-electron chi connectivity index (χ1n) is 13.3. The molecule has 2 aromatic carbocycles. The van der Waals surface area contributed by atoms with Crippen molar-refractivity contribution < 1.29 is 38.6 Å². The Kier molecular flexibility index (Phi) is 10.1. The van der Waals surface area contributed by atoms with Gasteiger partial charge >= 0.3 is 12.0 Å². The summed E-state index contributed by atoms with van der Waals surface area (Å²) in [6.07, 6.45) is -0.307. The van der Waals surface area contributed by atoms with Crippen molar-refractivity contribution in [2.75, 3.05) is 19.7 Å². The van der Waals surface area contributed by atoms with Crippen molar-refractivity contribution in [2.24, 2.45) is 0 Å². The summed E-state index contributed by atoms with van der Waals surface area (Å²) in [6, 6.07) is 11.5. The van der Waals surface area contributed by atoms with Crippen LogP contribution >= 0.6 is 11.6 Å². The summed E-state index contributed by atoms with van der Waals surface area (Å²) in [5.74, 6) is -3.85. The number of halogens is 1. The Labute approximate surface area is 246 Å². The molecule has 5 amide bonds. The molecule has 2 fully saturated rings. The average molecular weight is 600 g/mol. The molecular weight excluding hydrogens is 570 g/mol. The number of ether oxygens (including phenoxy) is 1. The van der Waals surface area contributed by atoms with Gasteiger partial charge in [0, 0.05) is 23.6 Å². The lowest BCUT2D eigenvalue weighted by molar-refractivity contribution is -0.155. The van der Waals surface area contributed by atoms with Gasteiger partial charge < -0.3 is 15.2 Å². The number of nitrogens with zero attached hydrogens (tertiary/aromatic N) is 3. The maximum Gasteiger partial charge on any atom is 0.358 e. The molecule has 0 aromatic heterocycles. The van der Waals surface area contributed by atoms with Crippen molar-refractivity contribution >= 4 is 47.1 Å². The molecule has 2 atom stereocenters. The zero-order valence-corrected chi connectivity index (χ0v) is 23.3. The third kappa shape index (κ3) is 7.42. The van der Waals surface area contributed by atoms with Gasteiger partial charge in [0.15, 0.2) is 5.78 Å². The number of carbonyl (C=O) groups excluding carboxylic acids is 5. The lowest BCUT2D eigenvalue weighted by atomic mass is 10.0. The van der Waals surface area contributed by atoms with Crippen LogP contribution < -0.4 is 10.7 Å². The smallest absolute Gasteiger partial charge is 0.358 e. The summed E-state index contributed by atoms with van der Waals surface area (Å²) in [5.41, 5.74) is 3.41. The molecule has 2 saturated heterocycles. The highest BCUT2D eigenvalue weighted by Gasteiger charge is 2.44. The number of Topliss-reactive ketones (excluding diaryl/α,β-unsaturated/α-hetero) is 1. The second-order valence-electron chi connectivity index (χ2n) is 9.72. The van der Waals surface area contributed by atoms with E-state index in [0.717, 1.165) is 15.0 Å². The van der Waals surface area contributed by atoms with Gasteiger partial charge in [0.2, 0.25) is 11.8 Å². The van der Waals surface area contributed by atoms with Crippen molar-refractivity contribution in [3.05, 3.63) is 70.7 Å². The quantitative estimate of drug-likeness (QED) is 0.351. The second-order valence-corrected chi connectivity index (χ2v) is 10.1. The van der Waals surface area contributed by atoms with Crippen molar-refractivity contribution in [1.82, 2.24) is 25.8 Å². The number of carboxylic acids is 1. The Morgan fingerprint density at radius 1 is 1.02 bits per heavy atom. The fourth-order valence-corrected chi connectivity index (χ4v) is 4.85. The number of fused-ring (bicyclic) bond motifs is 1. The zero-order valence-electron chi connectivity index (χ0n) is 22.5. The molecule has 0 bridgehead atoms. The number of nitrogens with one attached hydrogen (secondary N) is 2. The van der Waals surface area contributed by atoms with E-state index in [4.69, 9.17) is 16.3 Å². The topological polar surface area (TPSA) is 166 Å². The van der Waals surface area contributed by atoms with Gasteiger partial charge in [-0.1, -0.05) is 48.0 Å². The van der Waals surface area contributed by atoms with Gasteiger partial charge in [-0.25, -0.2) is 19.8 Å². The predicted molar refractivity (Wildman–Crippen MR) is 147 cm³/mol. The van der Waals surface area contributed by atoms with E-state index in [0.29, 0.717) is 17.0 Å². The van der Waals surface area contributed by atoms with Gasteiger partial charge in [0.25, 0.3) is 5.91 Å². The summed E-state index contributed by atoms with van der Waals surface area (Å²) in [7, 11) is 0. The highest BCUT2D eigenvalue weighted by Crippen LogP contribution is 2.24. The molecule has 2 aliphatic rings. The van der Waals surface area contributed by atoms with Crippen LogP contribution in [0.4, 0.5) is 4.79 Å². The fraction of sp³-hybridized carbons (Fsp3) is 0.357. The Bertz CT molecular complexity index is 1360. The fourth-order valence-electron chi connectivity index (χ4n) is 4.66. The molecule has 2 aromatic rings. The Balaban J connectivity index is 1.46. The summed E-state index contributed by atoms with van der Waals surface area (Å²) in [6.45, 7) is -0.463. The molecule has 2 heterocycles. The van der Waals surface area contributed by atoms with Gasteiger partial charge in [-0.2, -0.15) is 0 Å². The number of urea groups is 1. The molecule has 13 nitrogen and oxygen atoms in total. The number of carboxylic acid groups (broad SMARTS) is 1. The maximum atomic E-state index is 13.6. The predicted octanol–water partition coefficient (Wildman–Crippen LogP) is 1.76. The van der Waals surface area contributed by atoms with Crippen LogP contribution in [0.1, 0.15) is 41.6 Å². The van der Waals surface area contributed by atoms with Gasteiger partial charge in [-0.3, -0.25) is 29.4 Å². The summed E-state index contributed by atoms with van der Waals surface area (Å²) in [5, 5.41) is 15.4.